The lowest BCUT2D eigenvalue weighted by Gasteiger charge is -2.26. The summed E-state index contributed by atoms with van der Waals surface area (Å²) in [5.74, 6) is -7.73. The first kappa shape index (κ1) is 18.8. The van der Waals surface area contributed by atoms with Gasteiger partial charge in [0.25, 0.3) is 0 Å². The number of hydrogen-bond donors (Lipinski definition) is 1. The molecule has 0 radical (unpaired) electrons. The maximum atomic E-state index is 13.6. The summed E-state index contributed by atoms with van der Waals surface area (Å²) in [6, 6.07) is 0. The standard InChI is InChI=1S/C13H22F2O5/c1-6-19-11(18)13(14,15)10(17)8(2)7-9(16)20-12(3,4)5/h8,10,17H,6-7H2,1-5H3/t8-,10-/m1/s1. The van der Waals surface area contributed by atoms with Gasteiger partial charge in [0.15, 0.2) is 0 Å². The first-order valence-corrected chi connectivity index (χ1v) is 6.36. The van der Waals surface area contributed by atoms with E-state index in [1.807, 2.05) is 0 Å². The molecule has 5 nitrogen and oxygen atoms in total. The van der Waals surface area contributed by atoms with Gasteiger partial charge in [-0.05, 0) is 33.6 Å². The molecule has 0 heterocycles. The number of aliphatic hydroxyl groups excluding tert-OH is 1. The molecule has 0 aromatic carbocycles. The van der Waals surface area contributed by atoms with E-state index in [2.05, 4.69) is 4.74 Å². The summed E-state index contributed by atoms with van der Waals surface area (Å²) in [7, 11) is 0. The number of rotatable bonds is 6. The third-order valence-corrected chi connectivity index (χ3v) is 2.37. The second kappa shape index (κ2) is 6.97. The highest BCUT2D eigenvalue weighted by Crippen LogP contribution is 2.28. The normalized spacial score (nSPS) is 15.4. The van der Waals surface area contributed by atoms with Crippen molar-refractivity contribution in [3.8, 4) is 0 Å². The zero-order chi connectivity index (χ0) is 16.1. The van der Waals surface area contributed by atoms with Crippen LogP contribution in [0.1, 0.15) is 41.0 Å². The summed E-state index contributed by atoms with van der Waals surface area (Å²) in [6.07, 6.45) is -2.73. The summed E-state index contributed by atoms with van der Waals surface area (Å²) in [5, 5.41) is 9.53. The van der Waals surface area contributed by atoms with Gasteiger partial charge in [-0.25, -0.2) is 4.79 Å². The number of carbonyl (C=O) groups is 2. The molecule has 0 rings (SSSR count). The smallest absolute Gasteiger partial charge is 0.379 e. The molecule has 0 aliphatic heterocycles. The Kier molecular flexibility index (Phi) is 6.53. The van der Waals surface area contributed by atoms with E-state index >= 15 is 0 Å². The minimum atomic E-state index is -4.06. The highest BCUT2D eigenvalue weighted by atomic mass is 19.3. The Bertz CT molecular complexity index is 349. The number of carbonyl (C=O) groups excluding carboxylic acids is 2. The largest absolute Gasteiger partial charge is 0.461 e. The van der Waals surface area contributed by atoms with E-state index in [9.17, 15) is 23.5 Å². The van der Waals surface area contributed by atoms with Crippen molar-refractivity contribution in [3.05, 3.63) is 0 Å². The first-order chi connectivity index (χ1) is 8.91. The predicted molar refractivity (Wildman–Crippen MR) is 67.2 cm³/mol. The van der Waals surface area contributed by atoms with E-state index in [0.717, 1.165) is 0 Å². The predicted octanol–water partition coefficient (Wildman–Crippen LogP) is 1.91. The third-order valence-electron chi connectivity index (χ3n) is 2.37. The molecule has 2 atom stereocenters. The SMILES string of the molecule is CCOC(=O)C(F)(F)[C@H](O)[C@H](C)CC(=O)OC(C)(C)C. The second-order valence-corrected chi connectivity index (χ2v) is 5.56. The fraction of sp³-hybridized carbons (Fsp3) is 0.846. The van der Waals surface area contributed by atoms with Crippen molar-refractivity contribution in [2.75, 3.05) is 6.61 Å². The lowest BCUT2D eigenvalue weighted by Crippen LogP contribution is -2.46. The Labute approximate surface area is 117 Å². The Hall–Kier alpha value is -1.24. The summed E-state index contributed by atoms with van der Waals surface area (Å²) in [5.41, 5.74) is -0.745. The molecule has 0 aliphatic rings. The lowest BCUT2D eigenvalue weighted by atomic mass is 9.95. The van der Waals surface area contributed by atoms with Gasteiger partial charge in [0.05, 0.1) is 13.0 Å². The van der Waals surface area contributed by atoms with Crippen LogP contribution in [0.25, 0.3) is 0 Å². The zero-order valence-corrected chi connectivity index (χ0v) is 12.4. The van der Waals surface area contributed by atoms with Crippen molar-refractivity contribution in [1.82, 2.24) is 0 Å². The van der Waals surface area contributed by atoms with Crippen molar-refractivity contribution >= 4 is 11.9 Å². The third kappa shape index (κ3) is 5.81. The molecule has 0 aromatic heterocycles. The van der Waals surface area contributed by atoms with E-state index in [0.29, 0.717) is 0 Å². The van der Waals surface area contributed by atoms with Gasteiger partial charge in [0, 0.05) is 0 Å². The molecular weight excluding hydrogens is 274 g/mol. The van der Waals surface area contributed by atoms with Crippen LogP contribution in [-0.4, -0.2) is 41.3 Å². The van der Waals surface area contributed by atoms with Crippen LogP contribution in [0.4, 0.5) is 8.78 Å². The minimum absolute atomic E-state index is 0.221. The van der Waals surface area contributed by atoms with Crippen molar-refractivity contribution in [1.29, 1.82) is 0 Å². The van der Waals surface area contributed by atoms with Crippen LogP contribution in [0, 0.1) is 5.92 Å². The van der Waals surface area contributed by atoms with E-state index in [4.69, 9.17) is 4.74 Å². The van der Waals surface area contributed by atoms with Gasteiger partial charge in [0.2, 0.25) is 0 Å². The molecule has 0 saturated carbocycles. The molecule has 1 N–H and O–H groups in total. The average molecular weight is 296 g/mol. The Balaban J connectivity index is 4.65. The van der Waals surface area contributed by atoms with Gasteiger partial charge in [0.1, 0.15) is 11.7 Å². The molecule has 7 heteroatoms. The van der Waals surface area contributed by atoms with Crippen LogP contribution in [0.3, 0.4) is 0 Å². The molecule has 0 amide bonds. The van der Waals surface area contributed by atoms with Crippen LogP contribution < -0.4 is 0 Å². The molecule has 118 valence electrons. The van der Waals surface area contributed by atoms with Gasteiger partial charge >= 0.3 is 17.9 Å². The highest BCUT2D eigenvalue weighted by Gasteiger charge is 2.50. The molecule has 0 aliphatic carbocycles. The van der Waals surface area contributed by atoms with Gasteiger partial charge in [-0.15, -0.1) is 0 Å². The molecule has 0 fully saturated rings. The Morgan fingerprint density at radius 3 is 2.15 bits per heavy atom. The molecule has 20 heavy (non-hydrogen) atoms. The van der Waals surface area contributed by atoms with E-state index < -0.39 is 41.9 Å². The number of aliphatic hydroxyl groups is 1. The minimum Gasteiger partial charge on any atom is -0.461 e. The second-order valence-electron chi connectivity index (χ2n) is 5.56. The van der Waals surface area contributed by atoms with Crippen molar-refractivity contribution in [2.45, 2.75) is 58.7 Å². The number of halogens is 2. The van der Waals surface area contributed by atoms with Crippen LogP contribution in [0.15, 0.2) is 0 Å². The first-order valence-electron chi connectivity index (χ1n) is 6.36. The fourth-order valence-corrected chi connectivity index (χ4v) is 1.46. The van der Waals surface area contributed by atoms with Gasteiger partial charge in [-0.1, -0.05) is 6.92 Å². The topological polar surface area (TPSA) is 72.8 Å². The molecule has 0 spiro atoms. The van der Waals surface area contributed by atoms with Crippen LogP contribution in [0.2, 0.25) is 0 Å². The zero-order valence-electron chi connectivity index (χ0n) is 12.4. The van der Waals surface area contributed by atoms with E-state index in [1.54, 1.807) is 20.8 Å². The van der Waals surface area contributed by atoms with Crippen LogP contribution >= 0.6 is 0 Å². The number of esters is 2. The van der Waals surface area contributed by atoms with Gasteiger partial charge in [-0.2, -0.15) is 8.78 Å². The lowest BCUT2D eigenvalue weighted by molar-refractivity contribution is -0.195. The summed E-state index contributed by atoms with van der Waals surface area (Å²) >= 11 is 0. The Morgan fingerprint density at radius 2 is 1.75 bits per heavy atom. The molecular formula is C13H22F2O5. The van der Waals surface area contributed by atoms with Crippen LogP contribution in [0.5, 0.6) is 0 Å². The van der Waals surface area contributed by atoms with E-state index in [-0.39, 0.29) is 6.61 Å². The summed E-state index contributed by atoms with van der Waals surface area (Å²) in [6.45, 7) is 7.31. The maximum absolute atomic E-state index is 13.6. The van der Waals surface area contributed by atoms with Crippen molar-refractivity contribution in [2.24, 2.45) is 5.92 Å². The molecule has 0 unspecified atom stereocenters. The van der Waals surface area contributed by atoms with E-state index in [1.165, 1.54) is 13.8 Å². The van der Waals surface area contributed by atoms with Crippen LogP contribution in [-0.2, 0) is 19.1 Å². The molecule has 0 saturated heterocycles. The number of alkyl halides is 2. The average Bonchev–Trinajstić information content (AvgIpc) is 2.25. The quantitative estimate of drug-likeness (QED) is 0.758. The maximum Gasteiger partial charge on any atom is 0.379 e. The number of ether oxygens (including phenoxy) is 2. The summed E-state index contributed by atoms with van der Waals surface area (Å²) < 4.78 is 36.3. The number of hydrogen-bond acceptors (Lipinski definition) is 5. The monoisotopic (exact) mass is 296 g/mol. The molecule has 0 bridgehead atoms. The fourth-order valence-electron chi connectivity index (χ4n) is 1.46. The van der Waals surface area contributed by atoms with Crippen molar-refractivity contribution in [3.63, 3.8) is 0 Å². The van der Waals surface area contributed by atoms with Crippen molar-refractivity contribution < 1.29 is 33.0 Å². The molecule has 0 aromatic rings. The Morgan fingerprint density at radius 1 is 1.25 bits per heavy atom. The summed E-state index contributed by atoms with van der Waals surface area (Å²) in [4.78, 5) is 22.6. The van der Waals surface area contributed by atoms with Gasteiger partial charge < -0.3 is 14.6 Å². The highest BCUT2D eigenvalue weighted by molar-refractivity contribution is 5.78. The van der Waals surface area contributed by atoms with Gasteiger partial charge in [-0.3, -0.25) is 4.79 Å².